The molecule has 0 radical (unpaired) electrons. The zero-order chi connectivity index (χ0) is 22.1. The highest BCUT2D eigenvalue weighted by molar-refractivity contribution is 6.37. The highest BCUT2D eigenvalue weighted by atomic mass is 16.6. The Morgan fingerprint density at radius 2 is 1.91 bits per heavy atom. The van der Waals surface area contributed by atoms with E-state index in [-0.39, 0.29) is 11.6 Å². The van der Waals surface area contributed by atoms with Gasteiger partial charge in [-0.2, -0.15) is 0 Å². The van der Waals surface area contributed by atoms with Gasteiger partial charge < -0.3 is 10.6 Å². The number of nitrogens with one attached hydrogen (secondary N) is 3. The number of aromatic nitrogens is 5. The number of hydrogen-bond acceptors (Lipinski definition) is 8. The van der Waals surface area contributed by atoms with Gasteiger partial charge >= 0.3 is 0 Å². The number of carbonyl (C=O) groups is 1. The van der Waals surface area contributed by atoms with Gasteiger partial charge in [0.15, 0.2) is 5.82 Å². The number of fused-ring (bicyclic) bond motifs is 1. The summed E-state index contributed by atoms with van der Waals surface area (Å²) in [6.07, 6.45) is 1.63. The number of carbonyl (C=O) groups excluding carboxylic acids is 1. The van der Waals surface area contributed by atoms with E-state index >= 15 is 0 Å². The average molecular weight is 426 g/mol. The number of aromatic amines is 1. The summed E-state index contributed by atoms with van der Waals surface area (Å²) >= 11 is 0. The number of nitrogens with zero attached hydrogens (tertiary/aromatic N) is 5. The van der Waals surface area contributed by atoms with Crippen molar-refractivity contribution in [3.05, 3.63) is 88.2 Å². The number of rotatable bonds is 5. The van der Waals surface area contributed by atoms with Crippen LogP contribution in [0.1, 0.15) is 11.3 Å². The maximum Gasteiger partial charge on any atom is 0.271 e. The minimum absolute atomic E-state index is 0.102. The van der Waals surface area contributed by atoms with Gasteiger partial charge in [-0.15, -0.1) is 5.10 Å². The summed E-state index contributed by atoms with van der Waals surface area (Å²) in [7, 11) is 0. The zero-order valence-electron chi connectivity index (χ0n) is 16.3. The smallest absolute Gasteiger partial charge is 0.271 e. The number of non-ortho nitro benzene ring substituents is 1. The highest BCUT2D eigenvalue weighted by Gasteiger charge is 2.30. The van der Waals surface area contributed by atoms with E-state index in [2.05, 4.69) is 36.2 Å². The van der Waals surface area contributed by atoms with Gasteiger partial charge in [-0.1, -0.05) is 6.07 Å². The van der Waals surface area contributed by atoms with Crippen molar-refractivity contribution >= 4 is 34.2 Å². The fourth-order valence-corrected chi connectivity index (χ4v) is 3.43. The molecular weight excluding hydrogens is 412 g/mol. The molecule has 0 unspecified atom stereocenters. The van der Waals surface area contributed by atoms with Crippen molar-refractivity contribution < 1.29 is 9.72 Å². The van der Waals surface area contributed by atoms with Crippen LogP contribution >= 0.6 is 0 Å². The number of nitro benzene ring substituents is 1. The van der Waals surface area contributed by atoms with Crippen LogP contribution in [0.2, 0.25) is 0 Å². The van der Waals surface area contributed by atoms with Gasteiger partial charge in [-0.05, 0) is 52.9 Å². The third-order valence-corrected chi connectivity index (χ3v) is 4.90. The first-order chi connectivity index (χ1) is 15.6. The van der Waals surface area contributed by atoms with Gasteiger partial charge in [-0.3, -0.25) is 19.9 Å². The Morgan fingerprint density at radius 1 is 1.06 bits per heavy atom. The topological polar surface area (TPSA) is 152 Å². The zero-order valence-corrected chi connectivity index (χ0v) is 16.3. The molecule has 11 heteroatoms. The third-order valence-electron chi connectivity index (χ3n) is 4.90. The lowest BCUT2D eigenvalue weighted by molar-refractivity contribution is -0.384. The molecule has 0 aliphatic carbocycles. The summed E-state index contributed by atoms with van der Waals surface area (Å²) in [6, 6.07) is 17.0. The van der Waals surface area contributed by atoms with E-state index < -0.39 is 4.92 Å². The van der Waals surface area contributed by atoms with Gasteiger partial charge in [0.2, 0.25) is 0 Å². The van der Waals surface area contributed by atoms with Crippen molar-refractivity contribution in [1.29, 1.82) is 0 Å². The lowest BCUT2D eigenvalue weighted by Crippen LogP contribution is -2.10. The Morgan fingerprint density at radius 3 is 2.59 bits per heavy atom. The van der Waals surface area contributed by atoms with Crippen LogP contribution < -0.4 is 10.6 Å². The van der Waals surface area contributed by atoms with Crippen molar-refractivity contribution in [2.24, 2.45) is 0 Å². The number of benzene rings is 2. The molecule has 11 nitrogen and oxygen atoms in total. The molecule has 1 aliphatic heterocycles. The van der Waals surface area contributed by atoms with E-state index in [1.807, 2.05) is 30.3 Å². The Balaban J connectivity index is 1.59. The fourth-order valence-electron chi connectivity index (χ4n) is 3.43. The molecule has 2 aromatic carbocycles. The second-order valence-corrected chi connectivity index (χ2v) is 6.86. The minimum atomic E-state index is -0.502. The summed E-state index contributed by atoms with van der Waals surface area (Å²) in [5, 5.41) is 30.8. The van der Waals surface area contributed by atoms with E-state index in [1.54, 1.807) is 24.4 Å². The Hall–Kier alpha value is -4.93. The maximum absolute atomic E-state index is 12.9. The van der Waals surface area contributed by atoms with Gasteiger partial charge in [0.25, 0.3) is 11.6 Å². The first-order valence-corrected chi connectivity index (χ1v) is 9.47. The molecule has 0 atom stereocenters. The van der Waals surface area contributed by atoms with Crippen molar-refractivity contribution in [3.63, 3.8) is 0 Å². The van der Waals surface area contributed by atoms with Crippen LogP contribution in [0.4, 0.5) is 17.1 Å². The first kappa shape index (κ1) is 19.1. The van der Waals surface area contributed by atoms with Crippen LogP contribution in [0.5, 0.6) is 0 Å². The number of nitro groups is 1. The van der Waals surface area contributed by atoms with E-state index in [1.165, 1.54) is 12.1 Å². The first-order valence-electron chi connectivity index (χ1n) is 9.47. The molecule has 1 aliphatic rings. The lowest BCUT2D eigenvalue weighted by atomic mass is 10.0. The molecular formula is C21H14N8O3. The molecule has 32 heavy (non-hydrogen) atoms. The van der Waals surface area contributed by atoms with E-state index in [4.69, 9.17) is 0 Å². The molecule has 0 spiro atoms. The van der Waals surface area contributed by atoms with Crippen LogP contribution in [0.25, 0.3) is 22.7 Å². The molecule has 3 N–H and O–H groups in total. The van der Waals surface area contributed by atoms with Crippen molar-refractivity contribution in [2.45, 2.75) is 0 Å². The highest BCUT2D eigenvalue weighted by Crippen LogP contribution is 2.38. The molecule has 5 rings (SSSR count). The molecule has 0 saturated carbocycles. The van der Waals surface area contributed by atoms with Gasteiger partial charge in [0.05, 0.1) is 27.6 Å². The maximum atomic E-state index is 12.9. The molecule has 3 heterocycles. The Kier molecular flexibility index (Phi) is 4.60. The number of hydrogen-bond donors (Lipinski definition) is 3. The number of pyridine rings is 1. The molecule has 0 saturated heterocycles. The number of H-pyrrole nitrogens is 1. The van der Waals surface area contributed by atoms with Crippen LogP contribution in [-0.4, -0.2) is 36.4 Å². The fraction of sp³-hybridized carbons (Fsp3) is 0. The number of anilines is 2. The van der Waals surface area contributed by atoms with Crippen molar-refractivity contribution in [3.8, 4) is 11.4 Å². The lowest BCUT2D eigenvalue weighted by Gasteiger charge is -2.14. The van der Waals surface area contributed by atoms with Crippen LogP contribution in [0, 0.1) is 10.1 Å². The van der Waals surface area contributed by atoms with Crippen molar-refractivity contribution in [1.82, 2.24) is 25.6 Å². The quantitative estimate of drug-likeness (QED) is 0.250. The summed E-state index contributed by atoms with van der Waals surface area (Å²) in [6.45, 7) is 0. The van der Waals surface area contributed by atoms with Gasteiger partial charge in [0.1, 0.15) is 0 Å². The number of tetrazole rings is 1. The van der Waals surface area contributed by atoms with Gasteiger partial charge in [-0.25, -0.2) is 5.10 Å². The minimum Gasteiger partial charge on any atom is -0.353 e. The largest absolute Gasteiger partial charge is 0.353 e. The molecule has 0 bridgehead atoms. The van der Waals surface area contributed by atoms with E-state index in [0.29, 0.717) is 39.7 Å². The normalized spacial score (nSPS) is 13.9. The summed E-state index contributed by atoms with van der Waals surface area (Å²) in [5.41, 5.74) is 3.70. The van der Waals surface area contributed by atoms with Crippen LogP contribution in [0.3, 0.4) is 0 Å². The average Bonchev–Trinajstić information content (AvgIpc) is 3.46. The van der Waals surface area contributed by atoms with Crippen LogP contribution in [0.15, 0.2) is 66.9 Å². The molecule has 156 valence electrons. The number of amides is 1. The Bertz CT molecular complexity index is 1350. The van der Waals surface area contributed by atoms with Gasteiger partial charge in [0, 0.05) is 35.1 Å². The summed E-state index contributed by atoms with van der Waals surface area (Å²) in [5.74, 6) is 0.156. The predicted molar refractivity (Wildman–Crippen MR) is 116 cm³/mol. The Labute approximate surface area is 180 Å². The molecule has 4 aromatic rings. The summed E-state index contributed by atoms with van der Waals surface area (Å²) < 4.78 is 0. The van der Waals surface area contributed by atoms with E-state index in [0.717, 1.165) is 5.56 Å². The molecule has 1 amide bonds. The molecule has 2 aromatic heterocycles. The second-order valence-electron chi connectivity index (χ2n) is 6.86. The van der Waals surface area contributed by atoms with Crippen molar-refractivity contribution in [2.75, 3.05) is 10.6 Å². The molecule has 0 fully saturated rings. The predicted octanol–water partition coefficient (Wildman–Crippen LogP) is 3.10. The third kappa shape index (κ3) is 3.43. The summed E-state index contributed by atoms with van der Waals surface area (Å²) in [4.78, 5) is 27.9. The van der Waals surface area contributed by atoms with Crippen LogP contribution in [-0.2, 0) is 4.79 Å². The van der Waals surface area contributed by atoms with E-state index in [9.17, 15) is 14.9 Å². The standard InChI is InChI=1S/C21H14N8O3/c30-21-18(15-9-8-14(29(31)32)11-17(15)24-21)19(16-3-1-2-10-22-16)23-13-6-4-12(5-7-13)20-25-27-28-26-20/h1-11,23H,(H,24,30)(H,25,26,27,28)/b19-18-. The monoisotopic (exact) mass is 426 g/mol. The SMILES string of the molecule is O=C1Nc2cc([N+](=O)[O-])ccc2/C1=C(/Nc1ccc(-c2nnn[nH]2)cc1)c1ccccn1. The second kappa shape index (κ2) is 7.72.